The Labute approximate surface area is 138 Å². The van der Waals surface area contributed by atoms with E-state index in [9.17, 15) is 9.59 Å². The number of carbonyl (C=O) groups is 2. The highest BCUT2D eigenvalue weighted by Crippen LogP contribution is 2.18. The monoisotopic (exact) mass is 327 g/mol. The zero-order chi connectivity index (χ0) is 16.0. The summed E-state index contributed by atoms with van der Waals surface area (Å²) in [6, 6.07) is 7.08. The van der Waals surface area contributed by atoms with Crippen molar-refractivity contribution in [2.24, 2.45) is 11.7 Å². The molecule has 1 rings (SSSR count). The molecule has 5 nitrogen and oxygen atoms in total. The van der Waals surface area contributed by atoms with Crippen LogP contribution < -0.4 is 16.4 Å². The molecule has 1 atom stereocenters. The van der Waals surface area contributed by atoms with Crippen molar-refractivity contribution in [3.05, 3.63) is 29.8 Å². The molecule has 0 spiro atoms. The number of amides is 2. The third-order valence-corrected chi connectivity index (χ3v) is 3.28. The highest BCUT2D eigenvalue weighted by atomic mass is 35.5. The molecule has 1 aromatic carbocycles. The summed E-state index contributed by atoms with van der Waals surface area (Å²) >= 11 is 0. The molecule has 0 saturated heterocycles. The molecule has 0 bridgehead atoms. The first-order valence-corrected chi connectivity index (χ1v) is 7.24. The van der Waals surface area contributed by atoms with Crippen LogP contribution >= 0.6 is 12.4 Å². The van der Waals surface area contributed by atoms with Crippen LogP contribution in [0.5, 0.6) is 0 Å². The van der Waals surface area contributed by atoms with Gasteiger partial charge < -0.3 is 16.4 Å². The third-order valence-electron chi connectivity index (χ3n) is 3.28. The van der Waals surface area contributed by atoms with Gasteiger partial charge in [0.05, 0.1) is 12.6 Å². The molecule has 6 heteroatoms. The van der Waals surface area contributed by atoms with Gasteiger partial charge in [0.2, 0.25) is 11.8 Å². The van der Waals surface area contributed by atoms with Crippen LogP contribution in [-0.2, 0) is 9.59 Å². The first-order valence-electron chi connectivity index (χ1n) is 7.24. The van der Waals surface area contributed by atoms with Crippen LogP contribution in [0.3, 0.4) is 0 Å². The largest absolute Gasteiger partial charge is 0.346 e. The lowest BCUT2D eigenvalue weighted by Gasteiger charge is -2.15. The summed E-state index contributed by atoms with van der Waals surface area (Å²) in [4.78, 5) is 23.5. The SMILES string of the molecule is CC(C)c1cccc(NC(=O)CNC(=O)[C@@H](N)C(C)C)c1.Cl. The van der Waals surface area contributed by atoms with Crippen molar-refractivity contribution in [2.45, 2.75) is 39.7 Å². The van der Waals surface area contributed by atoms with Crippen LogP contribution in [0.1, 0.15) is 39.2 Å². The van der Waals surface area contributed by atoms with E-state index in [4.69, 9.17) is 5.73 Å². The summed E-state index contributed by atoms with van der Waals surface area (Å²) in [5.41, 5.74) is 7.59. The molecule has 0 heterocycles. The van der Waals surface area contributed by atoms with Gasteiger partial charge >= 0.3 is 0 Å². The van der Waals surface area contributed by atoms with Gasteiger partial charge in [0.15, 0.2) is 0 Å². The van der Waals surface area contributed by atoms with Crippen molar-refractivity contribution >= 4 is 29.9 Å². The molecule has 0 aliphatic carbocycles. The average Bonchev–Trinajstić information content (AvgIpc) is 2.44. The van der Waals surface area contributed by atoms with E-state index in [-0.39, 0.29) is 36.7 Å². The average molecular weight is 328 g/mol. The first kappa shape index (κ1) is 20.4. The molecular formula is C16H26ClN3O2. The zero-order valence-electron chi connectivity index (χ0n) is 13.6. The van der Waals surface area contributed by atoms with Crippen LogP contribution in [-0.4, -0.2) is 24.4 Å². The van der Waals surface area contributed by atoms with Crippen LogP contribution in [0.15, 0.2) is 24.3 Å². The van der Waals surface area contributed by atoms with Gasteiger partial charge in [-0.05, 0) is 29.5 Å². The van der Waals surface area contributed by atoms with Gasteiger partial charge in [0.25, 0.3) is 0 Å². The fourth-order valence-corrected chi connectivity index (χ4v) is 1.77. The molecule has 0 aliphatic heterocycles. The number of halogens is 1. The molecule has 0 aromatic heterocycles. The quantitative estimate of drug-likeness (QED) is 0.749. The van der Waals surface area contributed by atoms with E-state index in [1.807, 2.05) is 38.1 Å². The van der Waals surface area contributed by atoms with Gasteiger partial charge in [-0.2, -0.15) is 0 Å². The molecular weight excluding hydrogens is 302 g/mol. The molecule has 124 valence electrons. The smallest absolute Gasteiger partial charge is 0.243 e. The van der Waals surface area contributed by atoms with E-state index in [2.05, 4.69) is 24.5 Å². The van der Waals surface area contributed by atoms with Crippen LogP contribution in [0.4, 0.5) is 5.69 Å². The summed E-state index contributed by atoms with van der Waals surface area (Å²) in [6.45, 7) is 7.83. The lowest BCUT2D eigenvalue weighted by Crippen LogP contribution is -2.46. The predicted molar refractivity (Wildman–Crippen MR) is 92.2 cm³/mol. The van der Waals surface area contributed by atoms with E-state index in [1.165, 1.54) is 0 Å². The molecule has 0 fully saturated rings. The maximum absolute atomic E-state index is 11.8. The van der Waals surface area contributed by atoms with E-state index in [1.54, 1.807) is 0 Å². The summed E-state index contributed by atoms with van der Waals surface area (Å²) in [5, 5.41) is 5.31. The molecule has 0 unspecified atom stereocenters. The van der Waals surface area contributed by atoms with Gasteiger partial charge in [0.1, 0.15) is 0 Å². The summed E-state index contributed by atoms with van der Waals surface area (Å²) in [6.07, 6.45) is 0. The Morgan fingerprint density at radius 2 is 1.82 bits per heavy atom. The lowest BCUT2D eigenvalue weighted by molar-refractivity contribution is -0.125. The maximum atomic E-state index is 11.8. The predicted octanol–water partition coefficient (Wildman–Crippen LogP) is 2.27. The van der Waals surface area contributed by atoms with Gasteiger partial charge in [0, 0.05) is 5.69 Å². The van der Waals surface area contributed by atoms with Crippen LogP contribution in [0, 0.1) is 5.92 Å². The van der Waals surface area contributed by atoms with E-state index in [0.29, 0.717) is 5.92 Å². The Morgan fingerprint density at radius 1 is 1.18 bits per heavy atom. The lowest BCUT2D eigenvalue weighted by atomic mass is 10.0. The number of rotatable bonds is 6. The normalized spacial score (nSPS) is 11.8. The molecule has 0 aliphatic rings. The molecule has 0 saturated carbocycles. The minimum absolute atomic E-state index is 0. The summed E-state index contributed by atoms with van der Waals surface area (Å²) < 4.78 is 0. The van der Waals surface area contributed by atoms with Gasteiger partial charge in [-0.15, -0.1) is 12.4 Å². The highest BCUT2D eigenvalue weighted by molar-refractivity contribution is 5.95. The number of benzene rings is 1. The number of hydrogen-bond donors (Lipinski definition) is 3. The number of anilines is 1. The molecule has 0 radical (unpaired) electrons. The minimum Gasteiger partial charge on any atom is -0.346 e. The van der Waals surface area contributed by atoms with Crippen molar-refractivity contribution in [2.75, 3.05) is 11.9 Å². The maximum Gasteiger partial charge on any atom is 0.243 e. The number of hydrogen-bond acceptors (Lipinski definition) is 3. The number of nitrogens with two attached hydrogens (primary N) is 1. The number of carbonyl (C=O) groups excluding carboxylic acids is 2. The Balaban J connectivity index is 0.00000441. The second kappa shape index (κ2) is 9.43. The van der Waals surface area contributed by atoms with E-state index in [0.717, 1.165) is 11.3 Å². The topological polar surface area (TPSA) is 84.2 Å². The molecule has 22 heavy (non-hydrogen) atoms. The Bertz CT molecular complexity index is 504. The second-order valence-electron chi connectivity index (χ2n) is 5.82. The fraction of sp³-hybridized carbons (Fsp3) is 0.500. The van der Waals surface area contributed by atoms with Gasteiger partial charge in [-0.1, -0.05) is 39.8 Å². The van der Waals surface area contributed by atoms with Crippen LogP contribution in [0.25, 0.3) is 0 Å². The second-order valence-corrected chi connectivity index (χ2v) is 5.82. The number of nitrogens with one attached hydrogen (secondary N) is 2. The molecule has 1 aromatic rings. The Hall–Kier alpha value is -1.59. The van der Waals surface area contributed by atoms with E-state index >= 15 is 0 Å². The van der Waals surface area contributed by atoms with E-state index < -0.39 is 6.04 Å². The standard InChI is InChI=1S/C16H25N3O2.ClH/c1-10(2)12-6-5-7-13(8-12)19-14(20)9-18-16(21)15(17)11(3)4;/h5-8,10-11,15H,9,17H2,1-4H3,(H,18,21)(H,19,20);1H/t15-;/m0./s1. The van der Waals surface area contributed by atoms with Gasteiger partial charge in [-0.3, -0.25) is 9.59 Å². The highest BCUT2D eigenvalue weighted by Gasteiger charge is 2.17. The minimum atomic E-state index is -0.595. The summed E-state index contributed by atoms with van der Waals surface area (Å²) in [5.74, 6) is -0.141. The fourth-order valence-electron chi connectivity index (χ4n) is 1.77. The van der Waals surface area contributed by atoms with Gasteiger partial charge in [-0.25, -0.2) is 0 Å². The van der Waals surface area contributed by atoms with Crippen molar-refractivity contribution < 1.29 is 9.59 Å². The summed E-state index contributed by atoms with van der Waals surface area (Å²) in [7, 11) is 0. The zero-order valence-corrected chi connectivity index (χ0v) is 14.4. The Morgan fingerprint density at radius 3 is 2.36 bits per heavy atom. The Kier molecular flexibility index (Phi) is 8.75. The molecule has 2 amide bonds. The van der Waals surface area contributed by atoms with Crippen molar-refractivity contribution in [1.29, 1.82) is 0 Å². The molecule has 4 N–H and O–H groups in total. The first-order chi connectivity index (χ1) is 9.81. The van der Waals surface area contributed by atoms with Crippen LogP contribution in [0.2, 0.25) is 0 Å². The van der Waals surface area contributed by atoms with Crippen molar-refractivity contribution in [1.82, 2.24) is 5.32 Å². The third kappa shape index (κ3) is 6.45. The van der Waals surface area contributed by atoms with Crippen molar-refractivity contribution in [3.63, 3.8) is 0 Å². The van der Waals surface area contributed by atoms with Crippen molar-refractivity contribution in [3.8, 4) is 0 Å².